The van der Waals surface area contributed by atoms with Crippen LogP contribution < -0.4 is 0 Å². The molecule has 1 saturated carbocycles. The molecule has 1 N–H and O–H groups in total. The van der Waals surface area contributed by atoms with E-state index in [1.807, 2.05) is 0 Å². The van der Waals surface area contributed by atoms with Gasteiger partial charge in [-0.2, -0.15) is 4.31 Å². The molecule has 1 saturated heterocycles. The molecular weight excluding hydrogens is 202 g/mol. The third kappa shape index (κ3) is 1.81. The van der Waals surface area contributed by atoms with Gasteiger partial charge >= 0.3 is 0 Å². The zero-order valence-corrected chi connectivity index (χ0v) is 9.04. The van der Waals surface area contributed by atoms with Gasteiger partial charge in [0.15, 0.2) is 0 Å². The molecule has 1 aliphatic carbocycles. The molecule has 1 aliphatic heterocycles. The van der Waals surface area contributed by atoms with Gasteiger partial charge in [0.1, 0.15) is 0 Å². The van der Waals surface area contributed by atoms with Crippen molar-refractivity contribution < 1.29 is 13.5 Å². The zero-order valence-electron chi connectivity index (χ0n) is 8.22. The summed E-state index contributed by atoms with van der Waals surface area (Å²) in [5.74, 6) is 0.705. The molecule has 4 nitrogen and oxygen atoms in total. The van der Waals surface area contributed by atoms with Gasteiger partial charge in [0, 0.05) is 19.2 Å². The van der Waals surface area contributed by atoms with Gasteiger partial charge in [-0.05, 0) is 31.6 Å². The Morgan fingerprint density at radius 1 is 1.36 bits per heavy atom. The van der Waals surface area contributed by atoms with Gasteiger partial charge < -0.3 is 5.11 Å². The highest BCUT2D eigenvalue weighted by atomic mass is 32.2. The SMILES string of the molecule is O=S(=O)(CCCO)N1CC2CCC1C2. The quantitative estimate of drug-likeness (QED) is 0.734. The summed E-state index contributed by atoms with van der Waals surface area (Å²) in [5, 5.41) is 8.62. The maximum atomic E-state index is 11.8. The molecule has 1 heterocycles. The van der Waals surface area contributed by atoms with Crippen LogP contribution >= 0.6 is 0 Å². The fourth-order valence-electron chi connectivity index (χ4n) is 2.58. The molecule has 2 aliphatic rings. The number of hydrogen-bond donors (Lipinski definition) is 1. The van der Waals surface area contributed by atoms with E-state index >= 15 is 0 Å². The fourth-order valence-corrected chi connectivity index (χ4v) is 4.40. The number of aliphatic hydroxyl groups excluding tert-OH is 1. The van der Waals surface area contributed by atoms with E-state index in [4.69, 9.17) is 5.11 Å². The molecule has 0 aromatic carbocycles. The van der Waals surface area contributed by atoms with Gasteiger partial charge in [0.25, 0.3) is 0 Å². The summed E-state index contributed by atoms with van der Waals surface area (Å²) in [6.07, 6.45) is 3.63. The molecule has 5 heteroatoms. The Bertz CT molecular complexity index is 301. The van der Waals surface area contributed by atoms with Crippen molar-refractivity contribution in [2.24, 2.45) is 5.92 Å². The van der Waals surface area contributed by atoms with Gasteiger partial charge in [-0.15, -0.1) is 0 Å². The highest BCUT2D eigenvalue weighted by Crippen LogP contribution is 2.39. The number of aliphatic hydroxyl groups is 1. The van der Waals surface area contributed by atoms with Crippen LogP contribution in [0, 0.1) is 5.92 Å². The molecule has 0 radical (unpaired) electrons. The molecule has 0 spiro atoms. The molecule has 2 atom stereocenters. The van der Waals surface area contributed by atoms with E-state index in [1.54, 1.807) is 4.31 Å². The maximum absolute atomic E-state index is 11.8. The Kier molecular flexibility index (Phi) is 2.81. The summed E-state index contributed by atoms with van der Waals surface area (Å²) in [6.45, 7) is 0.680. The van der Waals surface area contributed by atoms with Crippen LogP contribution in [0.1, 0.15) is 25.7 Å². The number of nitrogens with zero attached hydrogens (tertiary/aromatic N) is 1. The third-order valence-corrected chi connectivity index (χ3v) is 5.24. The first kappa shape index (κ1) is 10.4. The first-order chi connectivity index (χ1) is 6.63. The summed E-state index contributed by atoms with van der Waals surface area (Å²) in [6, 6.07) is 0.267. The largest absolute Gasteiger partial charge is 0.396 e. The number of hydrogen-bond acceptors (Lipinski definition) is 3. The van der Waals surface area contributed by atoms with E-state index in [2.05, 4.69) is 0 Å². The van der Waals surface area contributed by atoms with E-state index < -0.39 is 10.0 Å². The van der Waals surface area contributed by atoms with E-state index in [0.717, 1.165) is 19.4 Å². The lowest BCUT2D eigenvalue weighted by Crippen LogP contribution is -2.39. The minimum absolute atomic E-state index is 0.0405. The summed E-state index contributed by atoms with van der Waals surface area (Å²) < 4.78 is 25.3. The average molecular weight is 219 g/mol. The van der Waals surface area contributed by atoms with Crippen molar-refractivity contribution in [3.05, 3.63) is 0 Å². The van der Waals surface area contributed by atoms with Crippen molar-refractivity contribution >= 4 is 10.0 Å². The van der Waals surface area contributed by atoms with Gasteiger partial charge in [-0.3, -0.25) is 0 Å². The Labute approximate surface area is 85.0 Å². The van der Waals surface area contributed by atoms with Crippen molar-refractivity contribution in [3.8, 4) is 0 Å². The van der Waals surface area contributed by atoms with Crippen LogP contribution in [0.25, 0.3) is 0 Å². The summed E-state index contributed by atoms with van der Waals surface area (Å²) in [5.41, 5.74) is 0. The van der Waals surface area contributed by atoms with Crippen LogP contribution in [0.3, 0.4) is 0 Å². The molecule has 2 rings (SSSR count). The van der Waals surface area contributed by atoms with E-state index in [-0.39, 0.29) is 18.4 Å². The number of piperidine rings is 1. The summed E-state index contributed by atoms with van der Waals surface area (Å²) >= 11 is 0. The van der Waals surface area contributed by atoms with Gasteiger partial charge in [-0.25, -0.2) is 8.42 Å². The van der Waals surface area contributed by atoms with Crippen LogP contribution in [-0.2, 0) is 10.0 Å². The summed E-state index contributed by atoms with van der Waals surface area (Å²) in [7, 11) is -3.08. The lowest BCUT2D eigenvalue weighted by molar-refractivity contribution is 0.291. The molecule has 14 heavy (non-hydrogen) atoms. The van der Waals surface area contributed by atoms with Crippen LogP contribution in [0.15, 0.2) is 0 Å². The van der Waals surface area contributed by atoms with Gasteiger partial charge in [0.05, 0.1) is 5.75 Å². The second kappa shape index (κ2) is 3.79. The molecule has 2 fully saturated rings. The Morgan fingerprint density at radius 2 is 2.14 bits per heavy atom. The third-order valence-electron chi connectivity index (χ3n) is 3.28. The molecule has 2 bridgehead atoms. The molecule has 0 amide bonds. The number of rotatable bonds is 4. The van der Waals surface area contributed by atoms with Gasteiger partial charge in [-0.1, -0.05) is 0 Å². The standard InChI is InChI=1S/C9H17NO3S/c11-4-1-5-14(12,13)10-7-8-2-3-9(10)6-8/h8-9,11H,1-7H2. The van der Waals surface area contributed by atoms with E-state index in [1.165, 1.54) is 6.42 Å². The lowest BCUT2D eigenvalue weighted by Gasteiger charge is -2.25. The predicted molar refractivity (Wildman–Crippen MR) is 53.3 cm³/mol. The fraction of sp³-hybridized carbons (Fsp3) is 1.00. The minimum Gasteiger partial charge on any atom is -0.396 e. The van der Waals surface area contributed by atoms with Crippen molar-refractivity contribution in [2.45, 2.75) is 31.7 Å². The Hall–Kier alpha value is -0.130. The molecule has 82 valence electrons. The number of fused-ring (bicyclic) bond motifs is 2. The van der Waals surface area contributed by atoms with Crippen LogP contribution in [-0.4, -0.2) is 42.8 Å². The summed E-state index contributed by atoms with van der Waals surface area (Å²) in [4.78, 5) is 0. The van der Waals surface area contributed by atoms with Gasteiger partial charge in [0.2, 0.25) is 10.0 Å². The van der Waals surface area contributed by atoms with Crippen LogP contribution in [0.2, 0.25) is 0 Å². The lowest BCUT2D eigenvalue weighted by atomic mass is 10.1. The average Bonchev–Trinajstić information content (AvgIpc) is 2.75. The smallest absolute Gasteiger partial charge is 0.214 e. The minimum atomic E-state index is -3.08. The van der Waals surface area contributed by atoms with Crippen LogP contribution in [0.4, 0.5) is 0 Å². The first-order valence-electron chi connectivity index (χ1n) is 5.24. The zero-order chi connectivity index (χ0) is 10.2. The Morgan fingerprint density at radius 3 is 2.64 bits per heavy atom. The second-order valence-corrected chi connectivity index (χ2v) is 6.34. The predicted octanol–water partition coefficient (Wildman–Crippen LogP) is 0.183. The normalized spacial score (nSPS) is 32.6. The van der Waals surface area contributed by atoms with Crippen molar-refractivity contribution in [2.75, 3.05) is 18.9 Å². The van der Waals surface area contributed by atoms with E-state index in [0.29, 0.717) is 12.3 Å². The van der Waals surface area contributed by atoms with Crippen molar-refractivity contribution in [1.82, 2.24) is 4.31 Å². The van der Waals surface area contributed by atoms with Crippen molar-refractivity contribution in [3.63, 3.8) is 0 Å². The van der Waals surface area contributed by atoms with E-state index in [9.17, 15) is 8.42 Å². The maximum Gasteiger partial charge on any atom is 0.214 e. The van der Waals surface area contributed by atoms with Crippen molar-refractivity contribution in [1.29, 1.82) is 0 Å². The van der Waals surface area contributed by atoms with Crippen LogP contribution in [0.5, 0.6) is 0 Å². The second-order valence-electron chi connectivity index (χ2n) is 4.30. The first-order valence-corrected chi connectivity index (χ1v) is 6.85. The monoisotopic (exact) mass is 219 g/mol. The highest BCUT2D eigenvalue weighted by molar-refractivity contribution is 7.89. The highest BCUT2D eigenvalue weighted by Gasteiger charge is 2.43. The number of sulfonamides is 1. The Balaban J connectivity index is 2.01. The topological polar surface area (TPSA) is 57.6 Å². The molecular formula is C9H17NO3S. The molecule has 0 aromatic heterocycles. The molecule has 0 aromatic rings. The molecule has 2 unspecified atom stereocenters.